The molecule has 7 rings (SSSR count). The number of halogens is 2. The van der Waals surface area contributed by atoms with Crippen molar-refractivity contribution in [3.63, 3.8) is 0 Å². The monoisotopic (exact) mass is 1290 g/mol. The number of phenols is 1. The van der Waals surface area contributed by atoms with Crippen molar-refractivity contribution in [2.75, 3.05) is 59.0 Å². The van der Waals surface area contributed by atoms with Crippen molar-refractivity contribution in [1.82, 2.24) is 52.8 Å². The van der Waals surface area contributed by atoms with Gasteiger partial charge in [0, 0.05) is 108 Å². The molecule has 9 amide bonds. The average Bonchev–Trinajstić information content (AvgIpc) is 1.66. The number of carbonyl (C=O) groups excluding carboxylic acids is 8. The maximum Gasteiger partial charge on any atom is 0.407 e. The van der Waals surface area contributed by atoms with E-state index >= 15 is 0 Å². The topological polar surface area (TPSA) is 366 Å². The van der Waals surface area contributed by atoms with Gasteiger partial charge in [0.1, 0.15) is 41.8 Å². The second-order valence-electron chi connectivity index (χ2n) is 22.4. The lowest BCUT2D eigenvalue weighted by Crippen LogP contribution is -2.50. The number of alkyl carbamates (subject to hydrolysis) is 1. The van der Waals surface area contributed by atoms with Crippen LogP contribution in [0.4, 0.5) is 18.4 Å². The third kappa shape index (κ3) is 22.6. The number of fused-ring (bicyclic) bond motifs is 4. The zero-order valence-electron chi connectivity index (χ0n) is 51.8. The van der Waals surface area contributed by atoms with Crippen LogP contribution in [0.15, 0.2) is 114 Å². The molecule has 0 spiro atoms. The van der Waals surface area contributed by atoms with E-state index in [2.05, 4.69) is 52.8 Å². The summed E-state index contributed by atoms with van der Waals surface area (Å²) in [4.78, 5) is 108. The summed E-state index contributed by atoms with van der Waals surface area (Å²) in [5, 5.41) is 54.6. The minimum absolute atomic E-state index is 0.0136. The smallest absolute Gasteiger partial charge is 0.407 e. The predicted molar refractivity (Wildman–Crippen MR) is 340 cm³/mol. The van der Waals surface area contributed by atoms with Gasteiger partial charge in [-0.3, -0.25) is 33.7 Å². The first-order valence-electron chi connectivity index (χ1n) is 31.0. The maximum atomic E-state index is 14.7. The van der Waals surface area contributed by atoms with Gasteiger partial charge in [0.2, 0.25) is 35.4 Å². The predicted octanol–water partition coefficient (Wildman–Crippen LogP) is 3.78. The maximum absolute atomic E-state index is 14.7. The molecule has 0 radical (unpaired) electrons. The number of aromatic hydroxyl groups is 1. The van der Waals surface area contributed by atoms with Crippen LogP contribution in [0.25, 0.3) is 11.1 Å². The third-order valence-electron chi connectivity index (χ3n) is 15.4. The first kappa shape index (κ1) is 70.7. The summed E-state index contributed by atoms with van der Waals surface area (Å²) in [6.07, 6.45) is -2.49. The number of guanidine groups is 1. The van der Waals surface area contributed by atoms with Gasteiger partial charge >= 0.3 is 12.1 Å². The number of hydrogen-bond donors (Lipinski definition) is 13. The van der Waals surface area contributed by atoms with Crippen LogP contribution in [0.3, 0.4) is 0 Å². The van der Waals surface area contributed by atoms with Crippen molar-refractivity contribution in [2.45, 2.75) is 115 Å². The summed E-state index contributed by atoms with van der Waals surface area (Å²) in [7, 11) is 0. The second kappa shape index (κ2) is 36.3. The molecule has 2 aliphatic rings. The Hall–Kier alpha value is -9.73. The van der Waals surface area contributed by atoms with Crippen molar-refractivity contribution < 1.29 is 71.9 Å². The Labute approximate surface area is 537 Å². The van der Waals surface area contributed by atoms with Crippen molar-refractivity contribution in [3.8, 4) is 22.6 Å². The molecule has 27 heteroatoms. The highest BCUT2D eigenvalue weighted by molar-refractivity contribution is 5.92. The number of hydrogen-bond acceptors (Lipinski definition) is 14. The fraction of sp³-hybridized carbons (Fsp3) is 0.409. The van der Waals surface area contributed by atoms with E-state index in [0.717, 1.165) is 33.4 Å². The molecule has 498 valence electrons. The Kier molecular flexibility index (Phi) is 27.6. The molecule has 1 heterocycles. The zero-order valence-corrected chi connectivity index (χ0v) is 51.8. The van der Waals surface area contributed by atoms with E-state index in [1.54, 1.807) is 31.2 Å². The van der Waals surface area contributed by atoms with Gasteiger partial charge in [0.25, 0.3) is 0 Å². The molecular formula is C66H82F2N12O13. The summed E-state index contributed by atoms with van der Waals surface area (Å²) in [5.74, 6) is -5.45. The minimum atomic E-state index is -1.25. The van der Waals surface area contributed by atoms with Crippen LogP contribution in [-0.2, 0) is 53.1 Å². The molecule has 25 nitrogen and oxygen atoms in total. The minimum Gasteiger partial charge on any atom is -0.508 e. The van der Waals surface area contributed by atoms with Gasteiger partial charge in [-0.05, 0) is 83.2 Å². The molecule has 4 atom stereocenters. The van der Waals surface area contributed by atoms with Crippen LogP contribution < -0.4 is 58.3 Å². The Bertz CT molecular complexity index is 3320. The summed E-state index contributed by atoms with van der Waals surface area (Å²) in [6.45, 7) is 3.11. The van der Waals surface area contributed by atoms with Gasteiger partial charge in [-0.25, -0.2) is 18.4 Å². The van der Waals surface area contributed by atoms with E-state index in [4.69, 9.17) is 15.2 Å². The molecular weight excluding hydrogens is 1210 g/mol. The number of nitrogens with one attached hydrogen (secondary N) is 9. The molecule has 0 saturated carbocycles. The summed E-state index contributed by atoms with van der Waals surface area (Å²) in [5.41, 5.74) is 12.4. The molecule has 0 bridgehead atoms. The molecule has 0 unspecified atom stereocenters. The van der Waals surface area contributed by atoms with Crippen LogP contribution in [0.2, 0.25) is 0 Å². The fourth-order valence-corrected chi connectivity index (χ4v) is 10.7. The van der Waals surface area contributed by atoms with Crippen LogP contribution in [0.1, 0.15) is 110 Å². The first-order chi connectivity index (χ1) is 44.8. The Morgan fingerprint density at radius 1 is 0.634 bits per heavy atom. The number of rotatable bonds is 35. The first-order valence-corrected chi connectivity index (χ1v) is 31.0. The fourth-order valence-electron chi connectivity index (χ4n) is 10.7. The molecule has 0 fully saturated rings. The second-order valence-corrected chi connectivity index (χ2v) is 22.4. The molecule has 93 heavy (non-hydrogen) atoms. The van der Waals surface area contributed by atoms with Gasteiger partial charge in [-0.1, -0.05) is 91.9 Å². The molecule has 5 aromatic carbocycles. The molecule has 14 N–H and O–H groups in total. The Morgan fingerprint density at radius 3 is 1.85 bits per heavy atom. The Morgan fingerprint density at radius 2 is 1.20 bits per heavy atom. The van der Waals surface area contributed by atoms with E-state index in [1.807, 2.05) is 77.7 Å². The van der Waals surface area contributed by atoms with E-state index in [9.17, 15) is 62.5 Å². The molecule has 0 aromatic heterocycles. The zero-order chi connectivity index (χ0) is 66.7. The van der Waals surface area contributed by atoms with E-state index in [-0.39, 0.29) is 134 Å². The number of urea groups is 1. The summed E-state index contributed by atoms with van der Waals surface area (Å²) >= 11 is 0. The molecule has 1 aliphatic heterocycles. The van der Waals surface area contributed by atoms with E-state index < -0.39 is 89.5 Å². The van der Waals surface area contributed by atoms with Gasteiger partial charge in [0.15, 0.2) is 5.96 Å². The van der Waals surface area contributed by atoms with Crippen molar-refractivity contribution in [3.05, 3.63) is 154 Å². The number of carbonyl (C=O) groups is 8. The number of nitrogens with zero attached hydrogens (tertiary/aromatic N) is 2. The van der Waals surface area contributed by atoms with Gasteiger partial charge in [0.05, 0.1) is 25.2 Å². The van der Waals surface area contributed by atoms with Crippen LogP contribution in [0, 0.1) is 11.6 Å². The number of nitrogens with two attached hydrogens (primary N) is 1. The van der Waals surface area contributed by atoms with Crippen molar-refractivity contribution in [1.29, 1.82) is 0 Å². The molecule has 1 aliphatic carbocycles. The van der Waals surface area contributed by atoms with Crippen molar-refractivity contribution >= 4 is 53.5 Å². The Balaban J connectivity index is 0.795. The highest BCUT2D eigenvalue weighted by Crippen LogP contribution is 2.44. The SMILES string of the molecule is CCC(=O)NCCNC(=O)/N=C(/N)NCCC[C@@H](NC(=O)[C@H](c1ccc(OCCCNC(=O)C[C@H](O)C[C@H](O)CCNC(=O)CCC(=O)NCCNC(=O)OCC2c3ccccc3-c3ccccc32)cc1)N1Cc2ccccc2C1)C(=O)NCc1c(F)cc(O)cc1F. The number of benzene rings is 5. The van der Waals surface area contributed by atoms with E-state index in [0.29, 0.717) is 43.0 Å². The lowest BCUT2D eigenvalue weighted by atomic mass is 9.98. The number of aliphatic imine (C=N–C) groups is 1. The van der Waals surface area contributed by atoms with Gasteiger partial charge in [-0.2, -0.15) is 4.99 Å². The largest absolute Gasteiger partial charge is 0.508 e. The molecule has 0 saturated heterocycles. The highest BCUT2D eigenvalue weighted by Gasteiger charge is 2.35. The number of aliphatic hydroxyl groups is 2. The van der Waals surface area contributed by atoms with Gasteiger partial charge in [-0.15, -0.1) is 0 Å². The number of amides is 9. The quantitative estimate of drug-likeness (QED) is 0.0156. The lowest BCUT2D eigenvalue weighted by molar-refractivity contribution is -0.132. The highest BCUT2D eigenvalue weighted by atomic mass is 19.1. The third-order valence-corrected chi connectivity index (χ3v) is 15.4. The van der Waals surface area contributed by atoms with Crippen molar-refractivity contribution in [2.24, 2.45) is 10.7 Å². The summed E-state index contributed by atoms with van der Waals surface area (Å²) in [6, 6.07) is 28.9. The van der Waals surface area contributed by atoms with Crippen LogP contribution in [0.5, 0.6) is 11.5 Å². The van der Waals surface area contributed by atoms with Crippen LogP contribution >= 0.6 is 0 Å². The molecule has 5 aromatic rings. The van der Waals surface area contributed by atoms with Gasteiger partial charge < -0.3 is 78.4 Å². The van der Waals surface area contributed by atoms with E-state index in [1.165, 1.54) is 0 Å². The number of aliphatic hydroxyl groups excluding tert-OH is 2. The van der Waals surface area contributed by atoms with Crippen LogP contribution in [-0.4, -0.2) is 151 Å². The summed E-state index contributed by atoms with van der Waals surface area (Å²) < 4.78 is 40.9. The number of phenolic OH excluding ortho intramolecular Hbond substituents is 1. The average molecular weight is 1290 g/mol. The normalized spacial score (nSPS) is 13.8. The standard InChI is InChI=1S/C66H82F2N12O13/c1-2-57(84)72-28-30-75-65(90)79-64(69)74-25-9-17-56(62(88)77-37-52-54(67)34-46(83)35-55(52)68)78-63(89)61(80-38-42-11-3-4-12-43(42)39-80)41-18-20-47(21-19-41)92-32-10-26-70-60(87)36-45(82)33-44(81)24-27-71-58(85)22-23-59(86)73-29-31-76-66(91)93-40-53-50-15-7-5-13-48(50)49-14-6-8-16-51(49)53/h3-8,11-16,18-21,34-35,44-45,53,56,61,81-83H,2,9-10,17,22-33,36-40H2,1H3,(H,70,87)(H,71,85)(H,72,84)(H,73,86)(H,76,91)(H,77,88)(H,78,89)(H4,69,74,75,79,90)/t44-,45-,56-,61+/m1/s1. The lowest BCUT2D eigenvalue weighted by Gasteiger charge is -2.29. The number of ether oxygens (including phenoxy) is 2.